The van der Waals surface area contributed by atoms with Gasteiger partial charge in [-0.2, -0.15) is 0 Å². The number of hydrogen-bond acceptors (Lipinski definition) is 36. The standard InChI is InChI=1S/C54H96N2O34/c55-11-9-7-5-3-1-2-4-6-8-10-12-56-13-20-41-27(63)34(70)48(77-20)85-42-21(14-57)79-50(36(72)29(42)65)87-44-23(16-59)81-52(38(74)31(44)67)89-46-25(18-61)83-54(40(76)33(46)69)90-47-26(19-62)82-53(39(75)32(47)68)88-45-24(17-60)80-51(37(73)30(45)66)86-43-22(15-58)78-49(84-41)35(71)28(43)64/h20-54,56-76H,1-19,55H2/t20-,21+,22-,23+,24-,25+,26-,27+,28+,29+,30+,31-,32+,33+,34+,35+,36-,37+,38-,39+,40+,41+,42+,43+,44+,45+,46+,47+,48+,49+,50+,51+,52+,53+,54+/m0/s1. The minimum absolute atomic E-state index is 0.183. The quantitative estimate of drug-likeness (QED) is 0.0503. The summed E-state index contributed by atoms with van der Waals surface area (Å²) in [7, 11) is 0. The van der Waals surface area contributed by atoms with E-state index < -0.39 is 255 Å². The summed E-state index contributed by atoms with van der Waals surface area (Å²) in [5.41, 5.74) is 5.59. The summed E-state index contributed by atoms with van der Waals surface area (Å²) in [6.07, 6.45) is -58.9. The average molecular weight is 1320 g/mol. The van der Waals surface area contributed by atoms with Gasteiger partial charge in [-0.05, 0) is 25.9 Å². The Hall–Kier alpha value is -1.44. The molecule has 21 heterocycles. The van der Waals surface area contributed by atoms with Gasteiger partial charge in [0.25, 0.3) is 0 Å². The summed E-state index contributed by atoms with van der Waals surface area (Å²) in [5.74, 6) is 0. The molecule has 0 aliphatic carbocycles. The van der Waals surface area contributed by atoms with Gasteiger partial charge in [0.15, 0.2) is 44.0 Å². The Labute approximate surface area is 516 Å². The molecule has 23 N–H and O–H groups in total. The Bertz CT molecular complexity index is 2060. The van der Waals surface area contributed by atoms with Gasteiger partial charge in [0, 0.05) is 6.54 Å². The van der Waals surface area contributed by atoms with Crippen molar-refractivity contribution in [3.8, 4) is 0 Å². The van der Waals surface area contributed by atoms with Crippen molar-refractivity contribution in [1.29, 1.82) is 0 Å². The second-order valence-corrected chi connectivity index (χ2v) is 24.0. The van der Waals surface area contributed by atoms with Gasteiger partial charge in [0.1, 0.15) is 171 Å². The van der Waals surface area contributed by atoms with Crippen LogP contribution >= 0.6 is 0 Å². The molecule has 21 aliphatic rings. The molecule has 0 aromatic heterocycles. The van der Waals surface area contributed by atoms with Crippen LogP contribution in [0.2, 0.25) is 0 Å². The van der Waals surface area contributed by atoms with Gasteiger partial charge >= 0.3 is 0 Å². The van der Waals surface area contributed by atoms with Crippen LogP contribution in [0.1, 0.15) is 64.2 Å². The third-order valence-electron chi connectivity index (χ3n) is 17.8. The van der Waals surface area contributed by atoms with Crippen LogP contribution in [0.25, 0.3) is 0 Å². The molecule has 21 fully saturated rings. The van der Waals surface area contributed by atoms with Crippen LogP contribution < -0.4 is 11.1 Å². The van der Waals surface area contributed by atoms with Crippen molar-refractivity contribution in [3.05, 3.63) is 0 Å². The van der Waals surface area contributed by atoms with E-state index in [-0.39, 0.29) is 6.54 Å². The van der Waals surface area contributed by atoms with Crippen molar-refractivity contribution in [2.75, 3.05) is 59.3 Å². The number of unbranched alkanes of at least 4 members (excludes halogenated alkanes) is 9. The number of aliphatic hydroxyl groups excluding tert-OH is 20. The summed E-state index contributed by atoms with van der Waals surface area (Å²) in [5, 5.41) is 227. The zero-order chi connectivity index (χ0) is 65.2. The highest BCUT2D eigenvalue weighted by atomic mass is 16.8. The molecular formula is C54H96N2O34. The zero-order valence-electron chi connectivity index (χ0n) is 49.4. The van der Waals surface area contributed by atoms with Crippen LogP contribution in [0.15, 0.2) is 0 Å². The van der Waals surface area contributed by atoms with Crippen LogP contribution in [-0.2, 0) is 66.3 Å². The Balaban J connectivity index is 1.05. The van der Waals surface area contributed by atoms with Gasteiger partial charge in [-0.3, -0.25) is 0 Å². The van der Waals surface area contributed by atoms with E-state index in [0.29, 0.717) is 19.5 Å². The number of rotatable bonds is 20. The van der Waals surface area contributed by atoms with Crippen molar-refractivity contribution in [1.82, 2.24) is 5.32 Å². The van der Waals surface area contributed by atoms with E-state index in [9.17, 15) is 102 Å². The van der Waals surface area contributed by atoms with Gasteiger partial charge < -0.3 is 179 Å². The first kappa shape index (κ1) is 74.4. The summed E-state index contributed by atoms with van der Waals surface area (Å²) >= 11 is 0. The maximum absolute atomic E-state index is 11.9. The van der Waals surface area contributed by atoms with Gasteiger partial charge in [0.2, 0.25) is 0 Å². The lowest BCUT2D eigenvalue weighted by Gasteiger charge is -2.50. The van der Waals surface area contributed by atoms with E-state index in [1.165, 1.54) is 0 Å². The number of ether oxygens (including phenoxy) is 14. The Morgan fingerprint density at radius 1 is 0.222 bits per heavy atom. The van der Waals surface area contributed by atoms with E-state index in [1.807, 2.05) is 0 Å². The molecule has 14 bridgehead atoms. The molecule has 0 aromatic carbocycles. The molecule has 0 spiro atoms. The van der Waals surface area contributed by atoms with Crippen LogP contribution in [-0.4, -0.2) is 376 Å². The lowest BCUT2D eigenvalue weighted by molar-refractivity contribution is -0.396. The predicted octanol–water partition coefficient (Wildman–Crippen LogP) is -11.8. The summed E-state index contributed by atoms with van der Waals surface area (Å²) in [6.45, 7) is -5.28. The Morgan fingerprint density at radius 2 is 0.400 bits per heavy atom. The molecule has 36 heteroatoms. The van der Waals surface area contributed by atoms with Crippen LogP contribution in [0.4, 0.5) is 0 Å². The SMILES string of the molecule is NCCCCCCCCCCCCNC[C@@H]1O[C@@H]2O[C@H]3[C@H](O)[C@H](O)[C@@H](O[C@H]4[C@@H](O)[C@H](O)[C@@H](O[C@H]5[C@H](O)[C@@H](O)[C@@H](O[C@H]6[C@H](O)[C@@H](O)[C@@H](O[C@H]7[C@H](O)[C@@H](O)[C@@H](O[C@H]8[C@H](O)[C@@H](O)[C@@H](O[C@H]1[C@H](O)[C@H]2O)O[C@H]8CO)O[C@H]7CO)O[C@H]6CO)O[C@@H]5CO)O[C@@H]4CO)O[C@@H]3CO. The molecule has 0 saturated carbocycles. The molecule has 0 aromatic rings. The van der Waals surface area contributed by atoms with Crippen molar-refractivity contribution < 1.29 is 168 Å². The molecule has 21 aliphatic heterocycles. The smallest absolute Gasteiger partial charge is 0.187 e. The molecular weight excluding hydrogens is 1220 g/mol. The van der Waals surface area contributed by atoms with E-state index in [0.717, 1.165) is 57.8 Å². The van der Waals surface area contributed by atoms with Gasteiger partial charge in [-0.25, -0.2) is 0 Å². The highest BCUT2D eigenvalue weighted by molar-refractivity contribution is 5.02. The van der Waals surface area contributed by atoms with Crippen LogP contribution in [0, 0.1) is 0 Å². The first-order valence-corrected chi connectivity index (χ1v) is 30.9. The van der Waals surface area contributed by atoms with Crippen molar-refractivity contribution in [2.45, 2.75) is 279 Å². The van der Waals surface area contributed by atoms with E-state index in [1.54, 1.807) is 0 Å². The Morgan fingerprint density at radius 3 is 0.600 bits per heavy atom. The van der Waals surface area contributed by atoms with Crippen molar-refractivity contribution in [3.63, 3.8) is 0 Å². The first-order chi connectivity index (χ1) is 43.2. The summed E-state index contributed by atoms with van der Waals surface area (Å²) in [6, 6.07) is 0. The van der Waals surface area contributed by atoms with Crippen LogP contribution in [0.3, 0.4) is 0 Å². The second-order valence-electron chi connectivity index (χ2n) is 24.0. The van der Waals surface area contributed by atoms with E-state index >= 15 is 0 Å². The highest BCUT2D eigenvalue weighted by Crippen LogP contribution is 2.39. The normalized spacial score (nSPS) is 49.1. The maximum Gasteiger partial charge on any atom is 0.187 e. The molecule has 0 radical (unpaired) electrons. The fourth-order valence-corrected chi connectivity index (χ4v) is 12.5. The molecule has 526 valence electrons. The molecule has 21 saturated heterocycles. The number of nitrogens with two attached hydrogens (primary N) is 1. The average Bonchev–Trinajstić information content (AvgIpc) is 0.919. The minimum Gasteiger partial charge on any atom is -0.394 e. The molecule has 0 unspecified atom stereocenters. The van der Waals surface area contributed by atoms with Gasteiger partial charge in [-0.1, -0.05) is 51.4 Å². The number of aliphatic hydroxyl groups is 20. The fourth-order valence-electron chi connectivity index (χ4n) is 12.5. The van der Waals surface area contributed by atoms with Crippen molar-refractivity contribution >= 4 is 0 Å². The Kier molecular flexibility index (Phi) is 28.6. The number of hydrogen-bond donors (Lipinski definition) is 22. The van der Waals surface area contributed by atoms with Crippen molar-refractivity contribution in [2.24, 2.45) is 5.73 Å². The lowest BCUT2D eigenvalue weighted by atomic mass is 9.95. The predicted molar refractivity (Wildman–Crippen MR) is 289 cm³/mol. The monoisotopic (exact) mass is 1320 g/mol. The topological polar surface area (TPSA) is 572 Å². The molecule has 35 atom stereocenters. The summed E-state index contributed by atoms with van der Waals surface area (Å²) < 4.78 is 81.8. The first-order valence-electron chi connectivity index (χ1n) is 30.9. The molecule has 90 heavy (non-hydrogen) atoms. The van der Waals surface area contributed by atoms with Gasteiger partial charge in [0.05, 0.1) is 39.6 Å². The largest absolute Gasteiger partial charge is 0.394 e. The third kappa shape index (κ3) is 16.9. The van der Waals surface area contributed by atoms with E-state index in [4.69, 9.17) is 72.0 Å². The lowest BCUT2D eigenvalue weighted by Crippen LogP contribution is -2.68. The molecule has 36 nitrogen and oxygen atoms in total. The third-order valence-corrected chi connectivity index (χ3v) is 17.8. The van der Waals surface area contributed by atoms with Crippen LogP contribution in [0.5, 0.6) is 0 Å². The highest BCUT2D eigenvalue weighted by Gasteiger charge is 2.59. The minimum atomic E-state index is -2.20. The maximum atomic E-state index is 11.9. The summed E-state index contributed by atoms with van der Waals surface area (Å²) in [4.78, 5) is 0. The second kappa shape index (κ2) is 34.7. The van der Waals surface area contributed by atoms with E-state index in [2.05, 4.69) is 5.32 Å². The molecule has 21 rings (SSSR count). The fraction of sp³-hybridized carbons (Fsp3) is 1.00. The van der Waals surface area contributed by atoms with Gasteiger partial charge in [-0.15, -0.1) is 0 Å². The number of nitrogens with one attached hydrogen (secondary N) is 1. The molecule has 0 amide bonds. The zero-order valence-corrected chi connectivity index (χ0v) is 49.4.